The first-order valence-corrected chi connectivity index (χ1v) is 13.4. The Hall–Kier alpha value is -3.45. The fraction of sp³-hybridized carbons (Fsp3) is 0.125. The summed E-state index contributed by atoms with van der Waals surface area (Å²) < 4.78 is 34.6. The number of aromatic nitrogens is 3. The molecule has 4 aromatic rings. The van der Waals surface area contributed by atoms with Crippen LogP contribution in [0.4, 0.5) is 17.1 Å². The van der Waals surface area contributed by atoms with E-state index in [1.165, 1.54) is 16.8 Å². The Labute approximate surface area is 227 Å². The van der Waals surface area contributed by atoms with Gasteiger partial charge in [0, 0.05) is 34.8 Å². The molecule has 1 aromatic heterocycles. The summed E-state index contributed by atoms with van der Waals surface area (Å²) in [6.45, 7) is 3.73. The highest BCUT2D eigenvalue weighted by Gasteiger charge is 2.19. The highest BCUT2D eigenvalue weighted by Crippen LogP contribution is 2.25. The van der Waals surface area contributed by atoms with E-state index in [0.29, 0.717) is 16.5 Å². The van der Waals surface area contributed by atoms with Gasteiger partial charge in [-0.15, -0.1) is 9.36 Å². The van der Waals surface area contributed by atoms with Crippen molar-refractivity contribution in [2.45, 2.75) is 25.3 Å². The molecule has 0 aliphatic heterocycles. The molecule has 3 aromatic carbocycles. The van der Waals surface area contributed by atoms with E-state index in [4.69, 9.17) is 22.0 Å². The van der Waals surface area contributed by atoms with E-state index in [-0.39, 0.29) is 17.3 Å². The zero-order valence-electron chi connectivity index (χ0n) is 19.9. The van der Waals surface area contributed by atoms with Crippen LogP contribution in [0.2, 0.25) is 5.02 Å². The smallest absolute Gasteiger partial charge is 0.295 e. The molecule has 0 fully saturated rings. The van der Waals surface area contributed by atoms with Crippen molar-refractivity contribution in [3.63, 3.8) is 0 Å². The molecule has 1 heterocycles. The first-order valence-electron chi connectivity index (χ1n) is 10.8. The van der Waals surface area contributed by atoms with Crippen molar-refractivity contribution in [3.05, 3.63) is 93.9 Å². The van der Waals surface area contributed by atoms with E-state index in [9.17, 15) is 13.2 Å². The summed E-state index contributed by atoms with van der Waals surface area (Å²) in [6.07, 6.45) is 0. The predicted octanol–water partition coefficient (Wildman–Crippen LogP) is 4.23. The van der Waals surface area contributed by atoms with Gasteiger partial charge in [-0.2, -0.15) is 8.42 Å². The number of amides is 1. The average molecular weight is 609 g/mol. The molecular formula is C24H25BrClN6O4S+. The molecule has 0 aliphatic rings. The summed E-state index contributed by atoms with van der Waals surface area (Å²) in [5, 5.41) is 10.6. The molecule has 0 spiro atoms. The topological polar surface area (TPSA) is 143 Å². The zero-order chi connectivity index (χ0) is 27.2. The number of halogens is 2. The third-order valence-electron chi connectivity index (χ3n) is 5.06. The van der Waals surface area contributed by atoms with Crippen LogP contribution in [-0.4, -0.2) is 28.7 Å². The molecule has 37 heavy (non-hydrogen) atoms. The molecule has 1 amide bonds. The summed E-state index contributed by atoms with van der Waals surface area (Å²) >= 11 is 9.32. The Balaban J connectivity index is 0.000000206. The Bertz CT molecular complexity index is 1490. The van der Waals surface area contributed by atoms with Crippen LogP contribution >= 0.6 is 27.5 Å². The van der Waals surface area contributed by atoms with Gasteiger partial charge in [-0.1, -0.05) is 39.7 Å². The quantitative estimate of drug-likeness (QED) is 0.146. The Morgan fingerprint density at radius 2 is 1.65 bits per heavy atom. The van der Waals surface area contributed by atoms with Gasteiger partial charge >= 0.3 is 0 Å². The van der Waals surface area contributed by atoms with Gasteiger partial charge in [-0.25, -0.2) is 0 Å². The number of hydrogen-bond donors (Lipinski definition) is 4. The van der Waals surface area contributed by atoms with Crippen LogP contribution in [0.3, 0.4) is 0 Å². The molecule has 4 rings (SSSR count). The molecule has 0 bridgehead atoms. The van der Waals surface area contributed by atoms with Crippen LogP contribution in [0, 0.1) is 13.8 Å². The van der Waals surface area contributed by atoms with Crippen LogP contribution in [0.25, 0.3) is 0 Å². The van der Waals surface area contributed by atoms with Gasteiger partial charge in [0.2, 0.25) is 0 Å². The number of anilines is 3. The minimum Gasteiger partial charge on any atom is -0.354 e. The van der Waals surface area contributed by atoms with E-state index < -0.39 is 10.1 Å². The van der Waals surface area contributed by atoms with Gasteiger partial charge in [0.05, 0.1) is 15.6 Å². The van der Waals surface area contributed by atoms with Crippen molar-refractivity contribution in [1.82, 2.24) is 9.78 Å². The lowest BCUT2D eigenvalue weighted by molar-refractivity contribution is -0.652. The predicted molar refractivity (Wildman–Crippen MR) is 146 cm³/mol. The van der Waals surface area contributed by atoms with Crippen LogP contribution in [0.15, 0.2) is 82.2 Å². The first-order chi connectivity index (χ1) is 17.4. The Morgan fingerprint density at radius 3 is 2.19 bits per heavy atom. The number of carbonyl (C=O) groups is 1. The molecule has 0 saturated carbocycles. The lowest BCUT2D eigenvalue weighted by Gasteiger charge is -2.08. The molecule has 5 N–H and O–H groups in total. The summed E-state index contributed by atoms with van der Waals surface area (Å²) in [7, 11) is -4.15. The second-order valence-corrected chi connectivity index (χ2v) is 10.5. The maximum absolute atomic E-state index is 11.9. The fourth-order valence-corrected chi connectivity index (χ4v) is 4.03. The summed E-state index contributed by atoms with van der Waals surface area (Å²) in [5.74, 6) is 6.99. The molecule has 0 atom stereocenters. The zero-order valence-corrected chi connectivity index (χ0v) is 23.0. The molecule has 194 valence electrons. The number of rotatable bonds is 6. The molecular weight excluding hydrogens is 584 g/mol. The van der Waals surface area contributed by atoms with E-state index in [1.54, 1.807) is 35.9 Å². The lowest BCUT2D eigenvalue weighted by atomic mass is 10.2. The second-order valence-electron chi connectivity index (χ2n) is 7.78. The highest BCUT2D eigenvalue weighted by atomic mass is 79.9. The van der Waals surface area contributed by atoms with Gasteiger partial charge < -0.3 is 10.6 Å². The minimum absolute atomic E-state index is 0.132. The SMILES string of the molecule is Cc1nn(CC(=O)Nc2ccc(Br)cc2)c(C)[n+]1N.O=S(=O)(O)c1ccc(Nc2ccccc2Cl)cc1. The number of nitrogens with one attached hydrogen (secondary N) is 2. The summed E-state index contributed by atoms with van der Waals surface area (Å²) in [6, 6.07) is 20.3. The van der Waals surface area contributed by atoms with Gasteiger partial charge in [0.1, 0.15) is 0 Å². The number of carbonyl (C=O) groups excluding carboxylic acids is 1. The van der Waals surface area contributed by atoms with Crippen LogP contribution in [-0.2, 0) is 21.5 Å². The highest BCUT2D eigenvalue weighted by molar-refractivity contribution is 9.10. The first kappa shape index (κ1) is 28.1. The van der Waals surface area contributed by atoms with Crippen molar-refractivity contribution in [2.24, 2.45) is 0 Å². The van der Waals surface area contributed by atoms with E-state index in [1.807, 2.05) is 43.3 Å². The summed E-state index contributed by atoms with van der Waals surface area (Å²) in [5.41, 5.74) is 2.14. The summed E-state index contributed by atoms with van der Waals surface area (Å²) in [4.78, 5) is 11.8. The standard InChI is InChI=1S/C12H14BrN5O.C12H10ClNO3S/c1-8-16-17(9(2)18(8)14)7-12(19)15-11-5-3-10(13)4-6-11;13-11-3-1-2-4-12(11)14-9-5-7-10(8-6-9)18(15,16)17/h3-6H,7,14H2,1-2H3;1-8,14H,(H,15,16,17)/p+1. The number of nitrogens with zero attached hydrogens (tertiary/aromatic N) is 3. The van der Waals surface area contributed by atoms with Crippen molar-refractivity contribution in [2.75, 3.05) is 16.5 Å². The second kappa shape index (κ2) is 12.2. The number of para-hydroxylation sites is 1. The van der Waals surface area contributed by atoms with Gasteiger partial charge in [0.15, 0.2) is 6.54 Å². The molecule has 0 unspecified atom stereocenters. The van der Waals surface area contributed by atoms with Crippen molar-refractivity contribution in [3.8, 4) is 0 Å². The van der Waals surface area contributed by atoms with Crippen molar-refractivity contribution >= 4 is 60.6 Å². The third kappa shape index (κ3) is 8.02. The van der Waals surface area contributed by atoms with E-state index in [0.717, 1.165) is 21.7 Å². The number of nitrogens with two attached hydrogens (primary N) is 1. The van der Waals surface area contributed by atoms with Crippen molar-refractivity contribution < 1.29 is 22.4 Å². The third-order valence-corrected chi connectivity index (χ3v) is 6.79. The normalized spacial score (nSPS) is 10.8. The molecule has 10 nitrogen and oxygen atoms in total. The minimum atomic E-state index is -4.15. The van der Waals surface area contributed by atoms with E-state index in [2.05, 4.69) is 31.7 Å². The van der Waals surface area contributed by atoms with Crippen molar-refractivity contribution in [1.29, 1.82) is 0 Å². The maximum atomic E-state index is 11.9. The monoisotopic (exact) mass is 607 g/mol. The fourth-order valence-electron chi connectivity index (χ4n) is 3.10. The molecule has 0 radical (unpaired) electrons. The number of benzene rings is 3. The number of nitrogen functional groups attached to an aromatic ring is 1. The maximum Gasteiger partial charge on any atom is 0.295 e. The largest absolute Gasteiger partial charge is 0.354 e. The molecule has 13 heteroatoms. The van der Waals surface area contributed by atoms with E-state index >= 15 is 0 Å². The lowest BCUT2D eigenvalue weighted by Crippen LogP contribution is -2.48. The van der Waals surface area contributed by atoms with Gasteiger partial charge in [-0.05, 0) is 60.7 Å². The van der Waals surface area contributed by atoms with Crippen LogP contribution < -0.4 is 21.2 Å². The average Bonchev–Trinajstić information content (AvgIpc) is 3.08. The number of aryl methyl sites for hydroxylation is 1. The van der Waals surface area contributed by atoms with Crippen LogP contribution in [0.5, 0.6) is 0 Å². The Kier molecular flexibility index (Phi) is 9.27. The van der Waals surface area contributed by atoms with Crippen LogP contribution in [0.1, 0.15) is 11.6 Å². The van der Waals surface area contributed by atoms with Gasteiger partial charge in [-0.3, -0.25) is 15.2 Å². The number of hydrogen-bond acceptors (Lipinski definition) is 6. The molecule has 0 aliphatic carbocycles. The Morgan fingerprint density at radius 1 is 1.05 bits per heavy atom. The van der Waals surface area contributed by atoms with Gasteiger partial charge in [0.25, 0.3) is 27.7 Å². The molecule has 0 saturated heterocycles.